The number of pyridine rings is 1. The van der Waals surface area contributed by atoms with Gasteiger partial charge in [0.1, 0.15) is 12.4 Å². The maximum absolute atomic E-state index is 12.3. The number of hydrogen-bond acceptors (Lipinski definition) is 5. The monoisotopic (exact) mass is 352 g/mol. The Morgan fingerprint density at radius 1 is 1.31 bits per heavy atom. The predicted molar refractivity (Wildman–Crippen MR) is 94.7 cm³/mol. The molecule has 2 aromatic heterocycles. The second-order valence-corrected chi connectivity index (χ2v) is 5.88. The van der Waals surface area contributed by atoms with Crippen molar-refractivity contribution in [3.8, 4) is 0 Å². The second-order valence-electron chi connectivity index (χ2n) is 5.88. The second kappa shape index (κ2) is 6.36. The molecule has 0 saturated heterocycles. The van der Waals surface area contributed by atoms with Crippen molar-refractivity contribution in [3.05, 3.63) is 47.7 Å². The normalized spacial score (nSPS) is 14.1. The molecule has 1 aliphatic rings. The molecule has 0 fully saturated rings. The van der Waals surface area contributed by atoms with Crippen molar-refractivity contribution in [1.29, 1.82) is 0 Å². The minimum absolute atomic E-state index is 0.00752. The maximum atomic E-state index is 12.3. The lowest BCUT2D eigenvalue weighted by Crippen LogP contribution is -2.31. The number of benzene rings is 1. The number of amides is 3. The summed E-state index contributed by atoms with van der Waals surface area (Å²) >= 11 is 0. The molecule has 1 atom stereocenters. The van der Waals surface area contributed by atoms with E-state index in [1.807, 2.05) is 37.3 Å². The third-order valence-electron chi connectivity index (χ3n) is 4.07. The summed E-state index contributed by atoms with van der Waals surface area (Å²) in [6.07, 6.45) is -0.597. The molecule has 0 aliphatic carbocycles. The minimum atomic E-state index is -0.597. The van der Waals surface area contributed by atoms with Crippen LogP contribution in [0.3, 0.4) is 0 Å². The summed E-state index contributed by atoms with van der Waals surface area (Å²) in [5.41, 5.74) is 2.15. The standard InChI is InChI=1S/C17H16N6O3/c1-9(10-5-3-2-4-6-10)18-16(24)20-13-7-11-14-12(19-13)8-26-17(25)21-15(14)23-22-11/h2-7,9H,8H2,1H3,(H2,18,19,20,24)(H2,21,22,23,25)/t9-/m1/s1. The van der Waals surface area contributed by atoms with Crippen LogP contribution in [0, 0.1) is 0 Å². The van der Waals surface area contributed by atoms with E-state index < -0.39 is 6.09 Å². The van der Waals surface area contributed by atoms with E-state index >= 15 is 0 Å². The Labute approximate surface area is 148 Å². The van der Waals surface area contributed by atoms with E-state index in [1.54, 1.807) is 6.07 Å². The number of carbonyl (C=O) groups is 2. The average molecular weight is 352 g/mol. The first kappa shape index (κ1) is 15.9. The van der Waals surface area contributed by atoms with E-state index in [2.05, 4.69) is 31.1 Å². The molecular weight excluding hydrogens is 336 g/mol. The zero-order valence-electron chi connectivity index (χ0n) is 13.9. The van der Waals surface area contributed by atoms with Crippen LogP contribution in [0.25, 0.3) is 10.9 Å². The fourth-order valence-electron chi connectivity index (χ4n) is 2.82. The van der Waals surface area contributed by atoms with Gasteiger partial charge >= 0.3 is 12.1 Å². The molecule has 4 rings (SSSR count). The molecule has 3 heterocycles. The molecule has 1 aromatic carbocycles. The molecule has 1 aliphatic heterocycles. The van der Waals surface area contributed by atoms with Crippen LogP contribution in [0.5, 0.6) is 0 Å². The zero-order chi connectivity index (χ0) is 18.1. The van der Waals surface area contributed by atoms with E-state index in [0.717, 1.165) is 5.56 Å². The lowest BCUT2D eigenvalue weighted by molar-refractivity contribution is 0.155. The first-order valence-electron chi connectivity index (χ1n) is 8.04. The SMILES string of the molecule is C[C@@H](NC(=O)Nc1cc2[nH]nc3c2c(n1)COC(=O)N3)c1ccccc1. The van der Waals surface area contributed by atoms with Crippen LogP contribution in [0.4, 0.5) is 21.2 Å². The summed E-state index contributed by atoms with van der Waals surface area (Å²) in [6.45, 7) is 1.89. The van der Waals surface area contributed by atoms with E-state index in [-0.39, 0.29) is 18.7 Å². The van der Waals surface area contributed by atoms with Crippen molar-refractivity contribution in [3.63, 3.8) is 0 Å². The van der Waals surface area contributed by atoms with E-state index in [9.17, 15) is 9.59 Å². The summed E-state index contributed by atoms with van der Waals surface area (Å²) in [5.74, 6) is 0.692. The number of aromatic amines is 1. The van der Waals surface area contributed by atoms with Crippen LogP contribution >= 0.6 is 0 Å². The van der Waals surface area contributed by atoms with E-state index in [0.29, 0.717) is 28.2 Å². The number of rotatable bonds is 3. The maximum Gasteiger partial charge on any atom is 0.413 e. The fourth-order valence-corrected chi connectivity index (χ4v) is 2.82. The zero-order valence-corrected chi connectivity index (χ0v) is 13.9. The largest absolute Gasteiger partial charge is 0.443 e. The van der Waals surface area contributed by atoms with Gasteiger partial charge < -0.3 is 10.1 Å². The van der Waals surface area contributed by atoms with Gasteiger partial charge in [-0.2, -0.15) is 5.10 Å². The van der Waals surface area contributed by atoms with Gasteiger partial charge in [-0.25, -0.2) is 14.6 Å². The van der Waals surface area contributed by atoms with Crippen molar-refractivity contribution in [1.82, 2.24) is 20.5 Å². The Morgan fingerprint density at radius 3 is 2.92 bits per heavy atom. The van der Waals surface area contributed by atoms with Gasteiger partial charge in [0.2, 0.25) is 0 Å². The van der Waals surface area contributed by atoms with Crippen molar-refractivity contribution in [2.75, 3.05) is 10.6 Å². The number of cyclic esters (lactones) is 1. The number of nitrogens with one attached hydrogen (secondary N) is 4. The first-order valence-corrected chi connectivity index (χ1v) is 8.04. The molecule has 0 saturated carbocycles. The lowest BCUT2D eigenvalue weighted by atomic mass is 10.1. The third kappa shape index (κ3) is 3.02. The van der Waals surface area contributed by atoms with Crippen molar-refractivity contribution in [2.45, 2.75) is 19.6 Å². The number of ether oxygens (including phenoxy) is 1. The van der Waals surface area contributed by atoms with Crippen LogP contribution in [0.1, 0.15) is 24.2 Å². The van der Waals surface area contributed by atoms with Crippen LogP contribution in [0.15, 0.2) is 36.4 Å². The summed E-state index contributed by atoms with van der Waals surface area (Å²) in [5, 5.41) is 15.6. The summed E-state index contributed by atoms with van der Waals surface area (Å²) < 4.78 is 5.02. The highest BCUT2D eigenvalue weighted by Crippen LogP contribution is 2.28. The Morgan fingerprint density at radius 2 is 2.12 bits per heavy atom. The number of aromatic nitrogens is 3. The third-order valence-corrected chi connectivity index (χ3v) is 4.07. The molecule has 4 N–H and O–H groups in total. The molecule has 9 heteroatoms. The Bertz CT molecular complexity index is 985. The molecule has 3 amide bonds. The topological polar surface area (TPSA) is 121 Å². The first-order chi connectivity index (χ1) is 12.6. The molecule has 0 spiro atoms. The average Bonchev–Trinajstić information content (AvgIpc) is 2.95. The highest BCUT2D eigenvalue weighted by Gasteiger charge is 2.21. The molecule has 0 bridgehead atoms. The molecule has 0 radical (unpaired) electrons. The number of hydrogen-bond donors (Lipinski definition) is 4. The summed E-state index contributed by atoms with van der Waals surface area (Å²) in [7, 11) is 0. The van der Waals surface area contributed by atoms with Crippen molar-refractivity contribution < 1.29 is 14.3 Å². The van der Waals surface area contributed by atoms with Gasteiger partial charge in [0.05, 0.1) is 22.6 Å². The van der Waals surface area contributed by atoms with Gasteiger partial charge in [-0.3, -0.25) is 15.7 Å². The fraction of sp³-hybridized carbons (Fsp3) is 0.176. The van der Waals surface area contributed by atoms with Crippen LogP contribution in [0.2, 0.25) is 0 Å². The van der Waals surface area contributed by atoms with E-state index in [1.165, 1.54) is 0 Å². The summed E-state index contributed by atoms with van der Waals surface area (Å²) in [6, 6.07) is 10.7. The Kier molecular flexibility index (Phi) is 3.88. The molecule has 3 aromatic rings. The van der Waals surface area contributed by atoms with E-state index in [4.69, 9.17) is 4.74 Å². The van der Waals surface area contributed by atoms with Gasteiger partial charge in [0, 0.05) is 6.07 Å². The number of carbonyl (C=O) groups excluding carboxylic acids is 2. The number of nitrogens with zero attached hydrogens (tertiary/aromatic N) is 2. The van der Waals surface area contributed by atoms with Gasteiger partial charge in [-0.05, 0) is 12.5 Å². The number of anilines is 2. The summed E-state index contributed by atoms with van der Waals surface area (Å²) in [4.78, 5) is 28.2. The molecule has 132 valence electrons. The van der Waals surface area contributed by atoms with Crippen LogP contribution in [-0.4, -0.2) is 27.3 Å². The molecule has 0 unspecified atom stereocenters. The lowest BCUT2D eigenvalue weighted by Gasteiger charge is -2.15. The quantitative estimate of drug-likeness (QED) is 0.577. The molecule has 26 heavy (non-hydrogen) atoms. The molecular formula is C17H16N6O3. The van der Waals surface area contributed by atoms with Gasteiger partial charge in [0.15, 0.2) is 5.82 Å². The highest BCUT2D eigenvalue weighted by molar-refractivity contribution is 6.01. The number of H-pyrrole nitrogens is 1. The smallest absolute Gasteiger partial charge is 0.413 e. The van der Waals surface area contributed by atoms with Crippen LogP contribution < -0.4 is 16.0 Å². The predicted octanol–water partition coefficient (Wildman–Crippen LogP) is 2.90. The molecule has 9 nitrogen and oxygen atoms in total. The minimum Gasteiger partial charge on any atom is -0.443 e. The van der Waals surface area contributed by atoms with Gasteiger partial charge in [-0.15, -0.1) is 0 Å². The van der Waals surface area contributed by atoms with Gasteiger partial charge in [0.25, 0.3) is 0 Å². The van der Waals surface area contributed by atoms with Gasteiger partial charge in [-0.1, -0.05) is 30.3 Å². The Balaban J connectivity index is 1.53. The highest BCUT2D eigenvalue weighted by atomic mass is 16.5. The number of urea groups is 1. The van der Waals surface area contributed by atoms with Crippen LogP contribution in [-0.2, 0) is 11.3 Å². The van der Waals surface area contributed by atoms with Crippen molar-refractivity contribution in [2.24, 2.45) is 0 Å². The Hall–Kier alpha value is -3.62. The van der Waals surface area contributed by atoms with Crippen molar-refractivity contribution >= 4 is 34.7 Å².